The molecular formula is C25H33N3O2S. The van der Waals surface area contributed by atoms with Crippen LogP contribution in [-0.2, 0) is 9.53 Å². The molecule has 1 aliphatic rings. The monoisotopic (exact) mass is 439 g/mol. The van der Waals surface area contributed by atoms with Crippen molar-refractivity contribution in [3.63, 3.8) is 0 Å². The second-order valence-electron chi connectivity index (χ2n) is 7.85. The first-order chi connectivity index (χ1) is 15.1. The highest BCUT2D eigenvalue weighted by molar-refractivity contribution is 7.97. The van der Waals surface area contributed by atoms with E-state index in [0.717, 1.165) is 29.0 Å². The van der Waals surface area contributed by atoms with E-state index in [1.165, 1.54) is 44.1 Å². The third-order valence-corrected chi connectivity index (χ3v) is 6.25. The van der Waals surface area contributed by atoms with Crippen LogP contribution in [0.1, 0.15) is 63.1 Å². The van der Waals surface area contributed by atoms with Crippen LogP contribution >= 0.6 is 11.9 Å². The Morgan fingerprint density at radius 2 is 1.77 bits per heavy atom. The Morgan fingerprint density at radius 1 is 1.03 bits per heavy atom. The number of aryl methyl sites for hydroxylation is 1. The van der Waals surface area contributed by atoms with E-state index < -0.39 is 0 Å². The van der Waals surface area contributed by atoms with Gasteiger partial charge in [0.15, 0.2) is 11.5 Å². The molecule has 1 aromatic carbocycles. The quantitative estimate of drug-likeness (QED) is 0.323. The molecule has 3 rings (SSSR count). The number of aromatic nitrogens is 1. The number of nitrogens with zero attached hydrogens (tertiary/aromatic N) is 2. The molecule has 0 unspecified atom stereocenters. The smallest absolute Gasteiger partial charge is 0.277 e. The Balaban J connectivity index is 1.73. The van der Waals surface area contributed by atoms with Crippen molar-refractivity contribution >= 4 is 29.4 Å². The number of rotatable bonds is 11. The molecule has 2 heterocycles. The molecule has 0 fully saturated rings. The summed E-state index contributed by atoms with van der Waals surface area (Å²) in [5.41, 5.74) is 2.35. The zero-order valence-corrected chi connectivity index (χ0v) is 19.6. The molecular weight excluding hydrogens is 406 g/mol. The molecule has 0 radical (unpaired) electrons. The highest BCUT2D eigenvalue weighted by Gasteiger charge is 2.30. The van der Waals surface area contributed by atoms with Crippen molar-refractivity contribution in [1.82, 2.24) is 9.29 Å². The average molecular weight is 440 g/mol. The van der Waals surface area contributed by atoms with Crippen LogP contribution in [0.2, 0.25) is 0 Å². The first-order valence-corrected chi connectivity index (χ1v) is 12.0. The third-order valence-electron chi connectivity index (χ3n) is 5.24. The molecule has 0 spiro atoms. The SMILES string of the molecule is CCCCCCCCCOC1=C(C(=O)Nc2cccc(C)n2)N(C)Sc2ccccc21. The fourth-order valence-electron chi connectivity index (χ4n) is 3.61. The van der Waals surface area contributed by atoms with Gasteiger partial charge < -0.3 is 14.4 Å². The first kappa shape index (κ1) is 23.2. The van der Waals surface area contributed by atoms with Crippen molar-refractivity contribution in [2.45, 2.75) is 63.7 Å². The van der Waals surface area contributed by atoms with Gasteiger partial charge in [-0.3, -0.25) is 4.79 Å². The molecule has 2 aromatic rings. The van der Waals surface area contributed by atoms with Crippen molar-refractivity contribution in [3.05, 3.63) is 59.4 Å². The molecule has 0 saturated heterocycles. The summed E-state index contributed by atoms with van der Waals surface area (Å²) in [6.07, 6.45) is 8.57. The fourth-order valence-corrected chi connectivity index (χ4v) is 4.56. The molecule has 0 bridgehead atoms. The zero-order chi connectivity index (χ0) is 22.1. The number of anilines is 1. The number of benzene rings is 1. The van der Waals surface area contributed by atoms with Gasteiger partial charge in [0.2, 0.25) is 0 Å². The van der Waals surface area contributed by atoms with Gasteiger partial charge in [-0.1, -0.05) is 63.6 Å². The maximum Gasteiger partial charge on any atom is 0.277 e. The van der Waals surface area contributed by atoms with Crippen LogP contribution < -0.4 is 5.32 Å². The normalized spacial score (nSPS) is 13.2. The molecule has 0 atom stereocenters. The topological polar surface area (TPSA) is 54.5 Å². The lowest BCUT2D eigenvalue weighted by Gasteiger charge is -2.29. The second kappa shape index (κ2) is 11.8. The van der Waals surface area contributed by atoms with Crippen molar-refractivity contribution < 1.29 is 9.53 Å². The fraction of sp³-hybridized carbons (Fsp3) is 0.440. The van der Waals surface area contributed by atoms with Crippen LogP contribution in [0.25, 0.3) is 5.76 Å². The van der Waals surface area contributed by atoms with E-state index in [4.69, 9.17) is 4.74 Å². The van der Waals surface area contributed by atoms with Crippen molar-refractivity contribution in [2.75, 3.05) is 19.0 Å². The van der Waals surface area contributed by atoms with Crippen LogP contribution in [-0.4, -0.2) is 28.9 Å². The number of hydrogen-bond donors (Lipinski definition) is 1. The highest BCUT2D eigenvalue weighted by atomic mass is 32.2. The van der Waals surface area contributed by atoms with Gasteiger partial charge in [0.05, 0.1) is 6.61 Å². The Bertz CT molecular complexity index is 913. The van der Waals surface area contributed by atoms with Gasteiger partial charge in [-0.15, -0.1) is 0 Å². The highest BCUT2D eigenvalue weighted by Crippen LogP contribution is 2.40. The minimum atomic E-state index is -0.211. The molecule has 0 saturated carbocycles. The van der Waals surface area contributed by atoms with Crippen LogP contribution in [0, 0.1) is 6.92 Å². The predicted octanol–water partition coefficient (Wildman–Crippen LogP) is 6.42. The van der Waals surface area contributed by atoms with Crippen molar-refractivity contribution in [3.8, 4) is 0 Å². The van der Waals surface area contributed by atoms with Crippen LogP contribution in [0.4, 0.5) is 5.82 Å². The van der Waals surface area contributed by atoms with Gasteiger partial charge in [0.1, 0.15) is 5.82 Å². The van der Waals surface area contributed by atoms with E-state index in [-0.39, 0.29) is 5.91 Å². The van der Waals surface area contributed by atoms with Crippen LogP contribution in [0.5, 0.6) is 0 Å². The van der Waals surface area contributed by atoms with E-state index in [2.05, 4.69) is 23.3 Å². The van der Waals surface area contributed by atoms with Gasteiger partial charge in [0.25, 0.3) is 5.91 Å². The number of unbranched alkanes of at least 4 members (excludes halogenated alkanes) is 6. The summed E-state index contributed by atoms with van der Waals surface area (Å²) < 4.78 is 8.13. The van der Waals surface area contributed by atoms with E-state index in [1.54, 1.807) is 6.07 Å². The Morgan fingerprint density at radius 3 is 2.55 bits per heavy atom. The molecule has 6 heteroatoms. The van der Waals surface area contributed by atoms with E-state index in [1.807, 2.05) is 48.6 Å². The van der Waals surface area contributed by atoms with Gasteiger partial charge in [0, 0.05) is 23.2 Å². The number of hydrogen-bond acceptors (Lipinski definition) is 5. The van der Waals surface area contributed by atoms with E-state index in [0.29, 0.717) is 23.9 Å². The molecule has 166 valence electrons. The van der Waals surface area contributed by atoms with E-state index >= 15 is 0 Å². The Labute approximate surface area is 190 Å². The maximum atomic E-state index is 13.2. The lowest BCUT2D eigenvalue weighted by molar-refractivity contribution is -0.113. The maximum absolute atomic E-state index is 13.2. The standard InChI is InChI=1S/C25H33N3O2S/c1-4-5-6-7-8-9-12-18-30-24-20-15-10-11-16-21(20)31-28(3)23(24)25(29)27-22-17-13-14-19(2)26-22/h10-11,13-17H,4-9,12,18H2,1-3H3,(H,26,27,29). The molecule has 0 aliphatic carbocycles. The summed E-state index contributed by atoms with van der Waals surface area (Å²) in [7, 11) is 1.90. The largest absolute Gasteiger partial charge is 0.490 e. The Kier molecular flexibility index (Phi) is 8.83. The number of carbonyl (C=O) groups excluding carboxylic acids is 1. The summed E-state index contributed by atoms with van der Waals surface area (Å²) in [6.45, 7) is 4.75. The molecule has 1 aromatic heterocycles. The number of nitrogens with one attached hydrogen (secondary N) is 1. The summed E-state index contributed by atoms with van der Waals surface area (Å²) in [5, 5.41) is 2.93. The minimum absolute atomic E-state index is 0.211. The number of likely N-dealkylation sites (N-methyl/N-ethyl adjacent to an activating group) is 1. The zero-order valence-electron chi connectivity index (χ0n) is 18.8. The van der Waals surface area contributed by atoms with E-state index in [9.17, 15) is 4.79 Å². The number of fused-ring (bicyclic) bond motifs is 1. The van der Waals surface area contributed by atoms with Gasteiger partial charge in [-0.05, 0) is 49.6 Å². The Hall–Kier alpha value is -2.47. The third kappa shape index (κ3) is 6.50. The number of ether oxygens (including phenoxy) is 1. The lowest BCUT2D eigenvalue weighted by Crippen LogP contribution is -2.28. The molecule has 1 N–H and O–H groups in total. The molecule has 31 heavy (non-hydrogen) atoms. The van der Waals surface area contributed by atoms with Crippen molar-refractivity contribution in [1.29, 1.82) is 0 Å². The number of amides is 1. The molecule has 1 amide bonds. The summed E-state index contributed by atoms with van der Waals surface area (Å²) in [5.74, 6) is 0.978. The lowest BCUT2D eigenvalue weighted by atomic mass is 10.1. The molecule has 5 nitrogen and oxygen atoms in total. The summed E-state index contributed by atoms with van der Waals surface area (Å²) in [6, 6.07) is 13.7. The summed E-state index contributed by atoms with van der Waals surface area (Å²) in [4.78, 5) is 18.7. The van der Waals surface area contributed by atoms with Gasteiger partial charge in [-0.2, -0.15) is 0 Å². The number of carbonyl (C=O) groups is 1. The predicted molar refractivity (Wildman–Crippen MR) is 129 cm³/mol. The first-order valence-electron chi connectivity index (χ1n) is 11.2. The molecule has 1 aliphatic heterocycles. The minimum Gasteiger partial charge on any atom is -0.490 e. The van der Waals surface area contributed by atoms with Gasteiger partial charge in [-0.25, -0.2) is 4.98 Å². The number of pyridine rings is 1. The van der Waals surface area contributed by atoms with Crippen LogP contribution in [0.15, 0.2) is 53.1 Å². The van der Waals surface area contributed by atoms with Crippen molar-refractivity contribution in [2.24, 2.45) is 0 Å². The van der Waals surface area contributed by atoms with Gasteiger partial charge >= 0.3 is 0 Å². The average Bonchev–Trinajstić information content (AvgIpc) is 2.75. The summed E-state index contributed by atoms with van der Waals surface area (Å²) >= 11 is 1.53. The van der Waals surface area contributed by atoms with Crippen LogP contribution in [0.3, 0.4) is 0 Å². The second-order valence-corrected chi connectivity index (χ2v) is 9.02.